The first-order chi connectivity index (χ1) is 12.2. The lowest BCUT2D eigenvalue weighted by Gasteiger charge is -2.09. The number of nitrogens with zero attached hydrogens (tertiary/aromatic N) is 1. The number of hydrogen-bond acceptors (Lipinski definition) is 5. The average Bonchev–Trinajstić information content (AvgIpc) is 3.15. The molecule has 1 heterocycles. The summed E-state index contributed by atoms with van der Waals surface area (Å²) in [5.41, 5.74) is 1.40. The Hall–Kier alpha value is -3.28. The molecule has 0 radical (unpaired) electrons. The van der Waals surface area contributed by atoms with Crippen LogP contribution in [0.1, 0.15) is 16.2 Å². The van der Waals surface area contributed by atoms with Crippen molar-refractivity contribution in [3.63, 3.8) is 0 Å². The van der Waals surface area contributed by atoms with E-state index in [0.717, 1.165) is 5.56 Å². The number of benzene rings is 2. The summed E-state index contributed by atoms with van der Waals surface area (Å²) in [4.78, 5) is 16.5. The zero-order valence-corrected chi connectivity index (χ0v) is 14.0. The molecule has 0 unspecified atom stereocenters. The van der Waals surface area contributed by atoms with Crippen LogP contribution in [0.2, 0.25) is 0 Å². The van der Waals surface area contributed by atoms with Crippen molar-refractivity contribution >= 4 is 5.91 Å². The number of amides is 1. The summed E-state index contributed by atoms with van der Waals surface area (Å²) in [6.45, 7) is 0.194. The number of oxazole rings is 1. The fourth-order valence-electron chi connectivity index (χ4n) is 2.36. The molecule has 0 aliphatic heterocycles. The van der Waals surface area contributed by atoms with Crippen molar-refractivity contribution in [2.45, 2.75) is 6.54 Å². The van der Waals surface area contributed by atoms with E-state index in [-0.39, 0.29) is 12.5 Å². The molecule has 6 heteroatoms. The van der Waals surface area contributed by atoms with Gasteiger partial charge in [0.15, 0.2) is 17.3 Å². The van der Waals surface area contributed by atoms with Gasteiger partial charge in [-0.2, -0.15) is 0 Å². The molecular formula is C19H18N2O4. The Morgan fingerprint density at radius 3 is 2.56 bits per heavy atom. The first-order valence-corrected chi connectivity index (χ1v) is 7.71. The van der Waals surface area contributed by atoms with Crippen molar-refractivity contribution < 1.29 is 18.7 Å². The molecule has 0 atom stereocenters. The van der Waals surface area contributed by atoms with E-state index in [1.54, 1.807) is 31.5 Å². The number of carbonyl (C=O) groups excluding carboxylic acids is 1. The number of ether oxygens (including phenoxy) is 2. The maximum Gasteiger partial charge on any atom is 0.251 e. The van der Waals surface area contributed by atoms with E-state index in [1.165, 1.54) is 7.11 Å². The van der Waals surface area contributed by atoms with Crippen molar-refractivity contribution in [1.29, 1.82) is 0 Å². The number of aromatic nitrogens is 1. The van der Waals surface area contributed by atoms with Crippen LogP contribution < -0.4 is 14.8 Å². The van der Waals surface area contributed by atoms with Gasteiger partial charge in [0.05, 0.1) is 27.0 Å². The highest BCUT2D eigenvalue weighted by Crippen LogP contribution is 2.27. The first kappa shape index (κ1) is 16.6. The Kier molecular flexibility index (Phi) is 4.99. The minimum absolute atomic E-state index is 0.194. The SMILES string of the molecule is COc1ccc(C(=O)NCc2ncc(-c3ccccc3)o2)cc1OC. The largest absolute Gasteiger partial charge is 0.493 e. The van der Waals surface area contributed by atoms with Gasteiger partial charge in [-0.3, -0.25) is 4.79 Å². The zero-order valence-electron chi connectivity index (χ0n) is 14.0. The second-order valence-corrected chi connectivity index (χ2v) is 5.24. The topological polar surface area (TPSA) is 73.6 Å². The van der Waals surface area contributed by atoms with Gasteiger partial charge in [-0.1, -0.05) is 30.3 Å². The lowest BCUT2D eigenvalue weighted by molar-refractivity contribution is 0.0947. The van der Waals surface area contributed by atoms with Crippen LogP contribution >= 0.6 is 0 Å². The molecule has 0 aliphatic carbocycles. The van der Waals surface area contributed by atoms with Gasteiger partial charge in [0.2, 0.25) is 5.89 Å². The number of rotatable bonds is 6. The van der Waals surface area contributed by atoms with Crippen LogP contribution in [0.3, 0.4) is 0 Å². The highest BCUT2D eigenvalue weighted by atomic mass is 16.5. The molecule has 1 N–H and O–H groups in total. The summed E-state index contributed by atoms with van der Waals surface area (Å²) in [6, 6.07) is 14.6. The summed E-state index contributed by atoms with van der Waals surface area (Å²) in [5.74, 6) is 1.92. The Bertz CT molecular complexity index is 859. The molecule has 0 aliphatic rings. The van der Waals surface area contributed by atoms with Crippen LogP contribution in [0.5, 0.6) is 11.5 Å². The van der Waals surface area contributed by atoms with Gasteiger partial charge >= 0.3 is 0 Å². The van der Waals surface area contributed by atoms with Gasteiger partial charge < -0.3 is 19.2 Å². The smallest absolute Gasteiger partial charge is 0.251 e. The Morgan fingerprint density at radius 2 is 1.84 bits per heavy atom. The standard InChI is InChI=1S/C19H18N2O4/c1-23-15-9-8-14(10-16(15)24-2)19(22)21-12-18-20-11-17(25-18)13-6-4-3-5-7-13/h3-11H,12H2,1-2H3,(H,21,22). The van der Waals surface area contributed by atoms with E-state index >= 15 is 0 Å². The van der Waals surface area contributed by atoms with Crippen LogP contribution in [0.15, 0.2) is 59.1 Å². The third-order valence-electron chi connectivity index (χ3n) is 3.66. The van der Waals surface area contributed by atoms with Crippen molar-refractivity contribution in [3.8, 4) is 22.8 Å². The maximum atomic E-state index is 12.3. The summed E-state index contributed by atoms with van der Waals surface area (Å²) < 4.78 is 16.0. The van der Waals surface area contributed by atoms with Crippen molar-refractivity contribution in [2.75, 3.05) is 14.2 Å². The normalized spacial score (nSPS) is 10.3. The van der Waals surface area contributed by atoms with Crippen molar-refractivity contribution in [2.24, 2.45) is 0 Å². The van der Waals surface area contributed by atoms with Gasteiger partial charge in [0.25, 0.3) is 5.91 Å². The molecule has 0 fully saturated rings. The van der Waals surface area contributed by atoms with Crippen LogP contribution in [-0.4, -0.2) is 25.1 Å². The molecule has 25 heavy (non-hydrogen) atoms. The van der Waals surface area contributed by atoms with Gasteiger partial charge in [-0.25, -0.2) is 4.98 Å². The van der Waals surface area contributed by atoms with Gasteiger partial charge in [-0.05, 0) is 18.2 Å². The third kappa shape index (κ3) is 3.80. The highest BCUT2D eigenvalue weighted by molar-refractivity contribution is 5.94. The minimum Gasteiger partial charge on any atom is -0.493 e. The number of carbonyl (C=O) groups is 1. The van der Waals surface area contributed by atoms with Crippen molar-refractivity contribution in [1.82, 2.24) is 10.3 Å². The summed E-state index contributed by atoms with van der Waals surface area (Å²) in [7, 11) is 3.07. The molecule has 0 bridgehead atoms. The van der Waals surface area contributed by atoms with E-state index < -0.39 is 0 Å². The van der Waals surface area contributed by atoms with Crippen LogP contribution in [-0.2, 0) is 6.54 Å². The fraction of sp³-hybridized carbons (Fsp3) is 0.158. The monoisotopic (exact) mass is 338 g/mol. The lowest BCUT2D eigenvalue weighted by Crippen LogP contribution is -2.22. The molecule has 3 aromatic rings. The Labute approximate surface area is 145 Å². The summed E-state index contributed by atoms with van der Waals surface area (Å²) in [6.07, 6.45) is 1.65. The van der Waals surface area contributed by atoms with E-state index in [1.807, 2.05) is 30.3 Å². The van der Waals surface area contributed by atoms with E-state index in [2.05, 4.69) is 10.3 Å². The lowest BCUT2D eigenvalue weighted by atomic mass is 10.2. The Morgan fingerprint density at radius 1 is 1.08 bits per heavy atom. The zero-order chi connectivity index (χ0) is 17.6. The minimum atomic E-state index is -0.250. The molecule has 128 valence electrons. The number of nitrogens with one attached hydrogen (secondary N) is 1. The first-order valence-electron chi connectivity index (χ1n) is 7.71. The van der Waals surface area contributed by atoms with Gasteiger partial charge in [0.1, 0.15) is 0 Å². The molecule has 0 saturated carbocycles. The summed E-state index contributed by atoms with van der Waals surface area (Å²) >= 11 is 0. The molecule has 0 spiro atoms. The number of hydrogen-bond donors (Lipinski definition) is 1. The van der Waals surface area contributed by atoms with Gasteiger partial charge in [0, 0.05) is 11.1 Å². The second-order valence-electron chi connectivity index (χ2n) is 5.24. The molecule has 3 rings (SSSR count). The Balaban J connectivity index is 1.66. The van der Waals surface area contributed by atoms with Crippen LogP contribution in [0, 0.1) is 0 Å². The van der Waals surface area contributed by atoms with E-state index in [0.29, 0.717) is 28.7 Å². The van der Waals surface area contributed by atoms with Crippen LogP contribution in [0.25, 0.3) is 11.3 Å². The summed E-state index contributed by atoms with van der Waals surface area (Å²) in [5, 5.41) is 2.78. The molecular weight excluding hydrogens is 320 g/mol. The second kappa shape index (κ2) is 7.53. The van der Waals surface area contributed by atoms with Crippen LogP contribution in [0.4, 0.5) is 0 Å². The maximum absolute atomic E-state index is 12.3. The highest BCUT2D eigenvalue weighted by Gasteiger charge is 2.12. The molecule has 1 aromatic heterocycles. The average molecular weight is 338 g/mol. The quantitative estimate of drug-likeness (QED) is 0.746. The molecule has 0 saturated heterocycles. The van der Waals surface area contributed by atoms with Gasteiger partial charge in [-0.15, -0.1) is 0 Å². The molecule has 1 amide bonds. The molecule has 2 aromatic carbocycles. The fourth-order valence-corrected chi connectivity index (χ4v) is 2.36. The van der Waals surface area contributed by atoms with E-state index in [4.69, 9.17) is 13.9 Å². The molecule has 6 nitrogen and oxygen atoms in total. The third-order valence-corrected chi connectivity index (χ3v) is 3.66. The van der Waals surface area contributed by atoms with E-state index in [9.17, 15) is 4.79 Å². The van der Waals surface area contributed by atoms with Crippen molar-refractivity contribution in [3.05, 3.63) is 66.2 Å². The number of methoxy groups -OCH3 is 2. The predicted molar refractivity (Wildman–Crippen MR) is 92.7 cm³/mol. The predicted octanol–water partition coefficient (Wildman–Crippen LogP) is 3.29.